The molecule has 0 radical (unpaired) electrons. The Morgan fingerprint density at radius 2 is 2.03 bits per heavy atom. The van der Waals surface area contributed by atoms with Gasteiger partial charge < -0.3 is 14.5 Å². The van der Waals surface area contributed by atoms with Gasteiger partial charge in [0.25, 0.3) is 5.91 Å². The van der Waals surface area contributed by atoms with Gasteiger partial charge in [-0.25, -0.2) is 4.39 Å². The molecular weight excluding hydrogens is 367 g/mol. The van der Waals surface area contributed by atoms with Gasteiger partial charge >= 0.3 is 0 Å². The summed E-state index contributed by atoms with van der Waals surface area (Å²) in [4.78, 5) is 16.8. The predicted molar refractivity (Wildman–Crippen MR) is 114 cm³/mol. The summed E-state index contributed by atoms with van der Waals surface area (Å²) in [5, 5.41) is 0. The number of carbonyl (C=O) groups excluding carboxylic acids is 1. The number of hydrogen-bond donors (Lipinski definition) is 0. The van der Waals surface area contributed by atoms with Crippen LogP contribution in [0, 0.1) is 5.82 Å². The third kappa shape index (κ3) is 5.22. The molecule has 0 N–H and O–H groups in total. The first-order chi connectivity index (χ1) is 14.0. The van der Waals surface area contributed by atoms with Gasteiger partial charge in [0.05, 0.1) is 12.1 Å². The van der Waals surface area contributed by atoms with Crippen LogP contribution in [-0.4, -0.2) is 53.6 Å². The second-order valence-electron chi connectivity index (χ2n) is 8.00. The van der Waals surface area contributed by atoms with Crippen molar-refractivity contribution >= 4 is 5.91 Å². The van der Waals surface area contributed by atoms with Crippen molar-refractivity contribution in [3.63, 3.8) is 0 Å². The number of piperidine rings is 1. The Hall–Kier alpha value is -2.24. The summed E-state index contributed by atoms with van der Waals surface area (Å²) in [7, 11) is 0. The highest BCUT2D eigenvalue weighted by atomic mass is 19.1. The molecule has 0 aliphatic carbocycles. The molecule has 2 aliphatic heterocycles. The molecule has 0 aromatic heterocycles. The number of ether oxygens (including phenoxy) is 1. The molecule has 156 valence electrons. The number of morpholine rings is 1. The highest BCUT2D eigenvalue weighted by molar-refractivity contribution is 5.81. The fourth-order valence-electron chi connectivity index (χ4n) is 4.26. The van der Waals surface area contributed by atoms with Crippen molar-refractivity contribution in [2.75, 3.05) is 26.2 Å². The van der Waals surface area contributed by atoms with Gasteiger partial charge in [0, 0.05) is 31.7 Å². The first-order valence-corrected chi connectivity index (χ1v) is 10.3. The Bertz CT molecular complexity index is 781. The molecule has 1 spiro atoms. The number of hydrogen-bond acceptors (Lipinski definition) is 3. The van der Waals surface area contributed by atoms with Crippen LogP contribution < -0.4 is 0 Å². The Balaban J connectivity index is 1.61. The SMILES string of the molecule is C=C/C=C(\C=C)CCN1CCC2(CC1)CN(Cc1ccccc1F)C(=O)C(C)O2. The Morgan fingerprint density at radius 1 is 1.31 bits per heavy atom. The molecule has 2 fully saturated rings. The van der Waals surface area contributed by atoms with E-state index < -0.39 is 6.10 Å². The summed E-state index contributed by atoms with van der Waals surface area (Å²) in [6, 6.07) is 6.66. The first-order valence-electron chi connectivity index (χ1n) is 10.3. The van der Waals surface area contributed by atoms with Gasteiger partial charge in [-0.1, -0.05) is 49.6 Å². The van der Waals surface area contributed by atoms with Crippen LogP contribution in [0.5, 0.6) is 0 Å². The van der Waals surface area contributed by atoms with Crippen LogP contribution in [0.15, 0.2) is 61.2 Å². The van der Waals surface area contributed by atoms with Crippen LogP contribution in [0.1, 0.15) is 31.7 Å². The van der Waals surface area contributed by atoms with E-state index in [1.165, 1.54) is 11.6 Å². The molecule has 1 unspecified atom stereocenters. The lowest BCUT2D eigenvalue weighted by molar-refractivity contribution is -0.190. The van der Waals surface area contributed by atoms with Crippen molar-refractivity contribution in [3.8, 4) is 0 Å². The molecule has 0 saturated carbocycles. The molecule has 1 aromatic rings. The molecule has 1 aromatic carbocycles. The van der Waals surface area contributed by atoms with E-state index in [0.29, 0.717) is 18.7 Å². The zero-order valence-electron chi connectivity index (χ0n) is 17.3. The van der Waals surface area contributed by atoms with Crippen molar-refractivity contribution in [2.45, 2.75) is 44.4 Å². The van der Waals surface area contributed by atoms with Crippen LogP contribution in [0.3, 0.4) is 0 Å². The van der Waals surface area contributed by atoms with Crippen molar-refractivity contribution in [1.29, 1.82) is 0 Å². The zero-order chi connectivity index (χ0) is 20.9. The quantitative estimate of drug-likeness (QED) is 0.649. The summed E-state index contributed by atoms with van der Waals surface area (Å²) in [5.74, 6) is -0.333. The maximum Gasteiger partial charge on any atom is 0.251 e. The molecular formula is C24H31FN2O2. The van der Waals surface area contributed by atoms with Crippen molar-refractivity contribution in [2.24, 2.45) is 0 Å². The molecule has 2 heterocycles. The monoisotopic (exact) mass is 398 g/mol. The Kier molecular flexibility index (Phi) is 7.04. The van der Waals surface area contributed by atoms with E-state index in [1.807, 2.05) is 12.2 Å². The van der Waals surface area contributed by atoms with Crippen LogP contribution in [0.4, 0.5) is 4.39 Å². The van der Waals surface area contributed by atoms with Gasteiger partial charge in [0.2, 0.25) is 0 Å². The average molecular weight is 399 g/mol. The number of halogens is 1. The number of allylic oxidation sites excluding steroid dienone is 3. The fourth-order valence-corrected chi connectivity index (χ4v) is 4.26. The van der Waals surface area contributed by atoms with Gasteiger partial charge in [-0.2, -0.15) is 0 Å². The fraction of sp³-hybridized carbons (Fsp3) is 0.458. The van der Waals surface area contributed by atoms with Crippen LogP contribution in [-0.2, 0) is 16.1 Å². The third-order valence-electron chi connectivity index (χ3n) is 5.96. The second kappa shape index (κ2) is 9.51. The van der Waals surface area contributed by atoms with E-state index in [-0.39, 0.29) is 17.3 Å². The summed E-state index contributed by atoms with van der Waals surface area (Å²) in [6.45, 7) is 13.0. The van der Waals surface area contributed by atoms with E-state index in [9.17, 15) is 9.18 Å². The lowest BCUT2D eigenvalue weighted by Crippen LogP contribution is -2.61. The minimum absolute atomic E-state index is 0.0634. The van der Waals surface area contributed by atoms with Gasteiger partial charge in [0.15, 0.2) is 0 Å². The molecule has 1 amide bonds. The standard InChI is InChI=1S/C24H31FN2O2/c1-4-8-20(5-2)11-14-26-15-12-24(13-16-26)18-27(23(28)19(3)29-24)17-21-9-6-7-10-22(21)25/h4-10,19H,1-2,11-18H2,3H3/b20-8+. The molecule has 1 atom stereocenters. The predicted octanol–water partition coefficient (Wildman–Crippen LogP) is 4.10. The molecule has 0 bridgehead atoms. The first kappa shape index (κ1) is 21.5. The second-order valence-corrected chi connectivity index (χ2v) is 8.00. The highest BCUT2D eigenvalue weighted by Crippen LogP contribution is 2.33. The van der Waals surface area contributed by atoms with Crippen LogP contribution >= 0.6 is 0 Å². The number of likely N-dealkylation sites (tertiary alicyclic amines) is 1. The van der Waals surface area contributed by atoms with E-state index >= 15 is 0 Å². The van der Waals surface area contributed by atoms with Gasteiger partial charge in [-0.3, -0.25) is 4.79 Å². The van der Waals surface area contributed by atoms with Crippen LogP contribution in [0.2, 0.25) is 0 Å². The maximum absolute atomic E-state index is 14.1. The number of rotatable bonds is 7. The topological polar surface area (TPSA) is 32.8 Å². The minimum Gasteiger partial charge on any atom is -0.360 e. The number of benzene rings is 1. The third-order valence-corrected chi connectivity index (χ3v) is 5.96. The average Bonchev–Trinajstić information content (AvgIpc) is 2.72. The lowest BCUT2D eigenvalue weighted by atomic mass is 9.88. The summed E-state index contributed by atoms with van der Waals surface area (Å²) in [6.07, 6.45) is 7.85. The highest BCUT2D eigenvalue weighted by Gasteiger charge is 2.45. The van der Waals surface area contributed by atoms with E-state index in [2.05, 4.69) is 18.1 Å². The van der Waals surface area contributed by atoms with E-state index in [0.717, 1.165) is 38.9 Å². The van der Waals surface area contributed by atoms with Gasteiger partial charge in [-0.05, 0) is 37.8 Å². The Morgan fingerprint density at radius 3 is 2.69 bits per heavy atom. The summed E-state index contributed by atoms with van der Waals surface area (Å²) < 4.78 is 20.3. The minimum atomic E-state index is -0.495. The molecule has 4 nitrogen and oxygen atoms in total. The molecule has 2 saturated heterocycles. The van der Waals surface area contributed by atoms with E-state index in [4.69, 9.17) is 4.74 Å². The van der Waals surface area contributed by atoms with Crippen molar-refractivity contribution in [1.82, 2.24) is 9.80 Å². The zero-order valence-corrected chi connectivity index (χ0v) is 17.3. The number of amides is 1. The maximum atomic E-state index is 14.1. The molecule has 29 heavy (non-hydrogen) atoms. The molecule has 2 aliphatic rings. The lowest BCUT2D eigenvalue weighted by Gasteiger charge is -2.49. The number of nitrogens with zero attached hydrogens (tertiary/aromatic N) is 2. The van der Waals surface area contributed by atoms with E-state index in [1.54, 1.807) is 36.1 Å². The van der Waals surface area contributed by atoms with Crippen LogP contribution in [0.25, 0.3) is 0 Å². The van der Waals surface area contributed by atoms with Gasteiger partial charge in [0.1, 0.15) is 11.9 Å². The largest absolute Gasteiger partial charge is 0.360 e. The van der Waals surface area contributed by atoms with Crippen molar-refractivity contribution in [3.05, 3.63) is 72.6 Å². The van der Waals surface area contributed by atoms with Gasteiger partial charge in [-0.15, -0.1) is 0 Å². The molecule has 3 rings (SSSR count). The smallest absolute Gasteiger partial charge is 0.251 e. The van der Waals surface area contributed by atoms with Crippen molar-refractivity contribution < 1.29 is 13.9 Å². The molecule has 5 heteroatoms. The summed E-state index contributed by atoms with van der Waals surface area (Å²) in [5.41, 5.74) is 1.39. The normalized spacial score (nSPS) is 22.7. The summed E-state index contributed by atoms with van der Waals surface area (Å²) >= 11 is 0. The Labute approximate surface area is 173 Å². The number of carbonyl (C=O) groups is 1.